The fourth-order valence-electron chi connectivity index (χ4n) is 3.75. The first-order valence-electron chi connectivity index (χ1n) is 8.80. The highest BCUT2D eigenvalue weighted by atomic mass is 16.3. The number of furan rings is 1. The molecule has 0 spiro atoms. The van der Waals surface area contributed by atoms with Gasteiger partial charge >= 0.3 is 0 Å². The Bertz CT molecular complexity index is 951. The van der Waals surface area contributed by atoms with E-state index in [9.17, 15) is 4.79 Å². The fourth-order valence-corrected chi connectivity index (χ4v) is 3.75. The summed E-state index contributed by atoms with van der Waals surface area (Å²) in [5, 5.41) is 8.56. The van der Waals surface area contributed by atoms with Crippen molar-refractivity contribution in [3.8, 4) is 0 Å². The van der Waals surface area contributed by atoms with Crippen LogP contribution in [0.1, 0.15) is 46.8 Å². The van der Waals surface area contributed by atoms with Crippen LogP contribution in [0.15, 0.2) is 29.0 Å². The molecule has 5 heteroatoms. The van der Waals surface area contributed by atoms with Gasteiger partial charge in [0.25, 0.3) is 0 Å². The molecule has 1 N–H and O–H groups in total. The second kappa shape index (κ2) is 6.06. The first-order valence-corrected chi connectivity index (χ1v) is 8.80. The molecule has 0 aliphatic heterocycles. The molecule has 2 heterocycles. The number of amides is 1. The molecule has 0 unspecified atom stereocenters. The molecule has 0 radical (unpaired) electrons. The van der Waals surface area contributed by atoms with Crippen LogP contribution in [0.5, 0.6) is 0 Å². The van der Waals surface area contributed by atoms with E-state index in [4.69, 9.17) is 4.42 Å². The van der Waals surface area contributed by atoms with Crippen LogP contribution in [-0.2, 0) is 24.7 Å². The Morgan fingerprint density at radius 1 is 1.36 bits per heavy atom. The number of nitrogens with zero attached hydrogens (tertiary/aromatic N) is 2. The predicted molar refractivity (Wildman–Crippen MR) is 96.4 cm³/mol. The van der Waals surface area contributed by atoms with Gasteiger partial charge in [-0.2, -0.15) is 5.10 Å². The zero-order chi connectivity index (χ0) is 17.6. The Morgan fingerprint density at radius 3 is 3.00 bits per heavy atom. The molecule has 2 aromatic heterocycles. The third-order valence-electron chi connectivity index (χ3n) is 5.33. The van der Waals surface area contributed by atoms with Gasteiger partial charge in [0.05, 0.1) is 24.9 Å². The van der Waals surface area contributed by atoms with E-state index in [2.05, 4.69) is 30.3 Å². The molecule has 130 valence electrons. The molecular formula is C20H23N3O2. The van der Waals surface area contributed by atoms with Crippen LogP contribution >= 0.6 is 0 Å². The van der Waals surface area contributed by atoms with Gasteiger partial charge in [0.2, 0.25) is 5.91 Å². The second-order valence-electron chi connectivity index (χ2n) is 7.05. The molecule has 1 aliphatic rings. The Hall–Kier alpha value is -2.56. The molecule has 0 saturated heterocycles. The average molecular weight is 337 g/mol. The summed E-state index contributed by atoms with van der Waals surface area (Å²) in [5.74, 6) is 0.0302. The number of rotatable bonds is 3. The Labute approximate surface area is 147 Å². The lowest BCUT2D eigenvalue weighted by Crippen LogP contribution is -2.32. The van der Waals surface area contributed by atoms with Crippen LogP contribution < -0.4 is 5.32 Å². The maximum atomic E-state index is 12.6. The van der Waals surface area contributed by atoms with Gasteiger partial charge in [-0.15, -0.1) is 0 Å². The highest BCUT2D eigenvalue weighted by Crippen LogP contribution is 2.30. The lowest BCUT2D eigenvalue weighted by molar-refractivity contribution is -0.121. The summed E-state index contributed by atoms with van der Waals surface area (Å²) >= 11 is 0. The molecule has 0 bridgehead atoms. The maximum Gasteiger partial charge on any atom is 0.225 e. The number of carbonyl (C=O) groups is 1. The number of nitrogens with one attached hydrogen (secondary N) is 1. The van der Waals surface area contributed by atoms with Gasteiger partial charge in [-0.05, 0) is 56.4 Å². The van der Waals surface area contributed by atoms with E-state index in [0.29, 0.717) is 6.42 Å². The van der Waals surface area contributed by atoms with Crippen LogP contribution in [0, 0.1) is 13.8 Å². The molecular weight excluding hydrogens is 314 g/mol. The van der Waals surface area contributed by atoms with E-state index in [1.165, 1.54) is 16.8 Å². The van der Waals surface area contributed by atoms with Crippen LogP contribution in [0.3, 0.4) is 0 Å². The summed E-state index contributed by atoms with van der Waals surface area (Å²) in [4.78, 5) is 12.6. The molecule has 0 saturated carbocycles. The van der Waals surface area contributed by atoms with Crippen molar-refractivity contribution >= 4 is 16.9 Å². The van der Waals surface area contributed by atoms with Crippen molar-refractivity contribution in [1.82, 2.24) is 15.1 Å². The predicted octanol–water partition coefficient (Wildman–Crippen LogP) is 3.52. The van der Waals surface area contributed by atoms with Gasteiger partial charge in [0.15, 0.2) is 0 Å². The van der Waals surface area contributed by atoms with E-state index in [0.717, 1.165) is 41.4 Å². The van der Waals surface area contributed by atoms with Gasteiger partial charge in [-0.1, -0.05) is 0 Å². The zero-order valence-corrected chi connectivity index (χ0v) is 14.9. The van der Waals surface area contributed by atoms with Crippen LogP contribution in [-0.4, -0.2) is 15.7 Å². The third-order valence-corrected chi connectivity index (χ3v) is 5.33. The number of fused-ring (bicyclic) bond motifs is 2. The molecule has 0 fully saturated rings. The van der Waals surface area contributed by atoms with Crippen LogP contribution in [0.4, 0.5) is 0 Å². The lowest BCUT2D eigenvalue weighted by atomic mass is 9.92. The largest absolute Gasteiger partial charge is 0.464 e. The Kier molecular flexibility index (Phi) is 3.86. The second-order valence-corrected chi connectivity index (χ2v) is 7.05. The number of hydrogen-bond acceptors (Lipinski definition) is 3. The minimum Gasteiger partial charge on any atom is -0.464 e. The summed E-state index contributed by atoms with van der Waals surface area (Å²) in [5.41, 5.74) is 6.59. The number of aryl methyl sites for hydroxylation is 3. The summed E-state index contributed by atoms with van der Waals surface area (Å²) in [6.45, 7) is 4.15. The highest BCUT2D eigenvalue weighted by Gasteiger charge is 2.25. The topological polar surface area (TPSA) is 60.1 Å². The van der Waals surface area contributed by atoms with Gasteiger partial charge in [-0.25, -0.2) is 0 Å². The fraction of sp³-hybridized carbons (Fsp3) is 0.400. The van der Waals surface area contributed by atoms with Crippen LogP contribution in [0.25, 0.3) is 11.0 Å². The normalized spacial score (nSPS) is 16.8. The molecule has 1 amide bonds. The van der Waals surface area contributed by atoms with E-state index in [1.807, 2.05) is 24.0 Å². The van der Waals surface area contributed by atoms with Crippen molar-refractivity contribution in [2.45, 2.75) is 45.6 Å². The van der Waals surface area contributed by atoms with E-state index in [-0.39, 0.29) is 11.9 Å². The van der Waals surface area contributed by atoms with Crippen molar-refractivity contribution in [2.75, 3.05) is 0 Å². The average Bonchev–Trinajstić information content (AvgIpc) is 3.14. The van der Waals surface area contributed by atoms with Crippen LogP contribution in [0.2, 0.25) is 0 Å². The van der Waals surface area contributed by atoms with E-state index in [1.54, 1.807) is 6.26 Å². The van der Waals surface area contributed by atoms with E-state index >= 15 is 0 Å². The minimum absolute atomic E-state index is 0.0302. The van der Waals surface area contributed by atoms with Crippen molar-refractivity contribution in [3.05, 3.63) is 52.5 Å². The first-order chi connectivity index (χ1) is 12.0. The molecule has 1 aromatic carbocycles. The zero-order valence-electron chi connectivity index (χ0n) is 14.9. The molecule has 4 rings (SSSR count). The standard InChI is InChI=1S/C20H23N3O2/c1-12-7-15-14(11-25-19(15)8-13(12)2)9-20(24)22-17-5-4-6-18-16(17)10-21-23(18)3/h7-8,10-11,17H,4-6,9H2,1-3H3,(H,22,24)/t17-/m0/s1. The van der Waals surface area contributed by atoms with E-state index < -0.39 is 0 Å². The SMILES string of the molecule is Cc1cc2occ(CC(=O)N[C@H]3CCCc4c3cnn4C)c2cc1C. The Balaban J connectivity index is 1.53. The number of benzene rings is 1. The monoisotopic (exact) mass is 337 g/mol. The van der Waals surface area contributed by atoms with Gasteiger partial charge in [-0.3, -0.25) is 9.48 Å². The third kappa shape index (κ3) is 2.84. The van der Waals surface area contributed by atoms with Crippen molar-refractivity contribution in [1.29, 1.82) is 0 Å². The molecule has 1 atom stereocenters. The minimum atomic E-state index is 0.0302. The van der Waals surface area contributed by atoms with Gasteiger partial charge < -0.3 is 9.73 Å². The van der Waals surface area contributed by atoms with Crippen molar-refractivity contribution in [2.24, 2.45) is 7.05 Å². The van der Waals surface area contributed by atoms with Gasteiger partial charge in [0.1, 0.15) is 5.58 Å². The highest BCUT2D eigenvalue weighted by molar-refractivity contribution is 5.88. The summed E-state index contributed by atoms with van der Waals surface area (Å²) < 4.78 is 7.56. The molecule has 1 aliphatic carbocycles. The van der Waals surface area contributed by atoms with Gasteiger partial charge in [0, 0.05) is 29.3 Å². The Morgan fingerprint density at radius 2 is 2.16 bits per heavy atom. The molecule has 25 heavy (non-hydrogen) atoms. The lowest BCUT2D eigenvalue weighted by Gasteiger charge is -2.23. The summed E-state index contributed by atoms with van der Waals surface area (Å²) in [7, 11) is 1.96. The summed E-state index contributed by atoms with van der Waals surface area (Å²) in [6, 6.07) is 4.21. The molecule has 3 aromatic rings. The smallest absolute Gasteiger partial charge is 0.225 e. The quantitative estimate of drug-likeness (QED) is 0.795. The van der Waals surface area contributed by atoms with Crippen molar-refractivity contribution in [3.63, 3.8) is 0 Å². The number of carbonyl (C=O) groups excluding carboxylic acids is 1. The first kappa shape index (κ1) is 15.9. The molecule has 5 nitrogen and oxygen atoms in total. The van der Waals surface area contributed by atoms with Crippen molar-refractivity contribution < 1.29 is 9.21 Å². The number of aromatic nitrogens is 2. The maximum absolute atomic E-state index is 12.6. The summed E-state index contributed by atoms with van der Waals surface area (Å²) in [6.07, 6.45) is 7.00. The number of hydrogen-bond donors (Lipinski definition) is 1.